The van der Waals surface area contributed by atoms with Crippen LogP contribution in [0.2, 0.25) is 0 Å². The van der Waals surface area contributed by atoms with Crippen LogP contribution in [-0.2, 0) is 6.54 Å². The third-order valence-electron chi connectivity index (χ3n) is 4.99. The maximum absolute atomic E-state index is 12.3. The fourth-order valence-electron chi connectivity index (χ4n) is 3.54. The van der Waals surface area contributed by atoms with Gasteiger partial charge in [-0.3, -0.25) is 4.90 Å². The molecular formula is C21H36N4O2. The van der Waals surface area contributed by atoms with Gasteiger partial charge in [-0.25, -0.2) is 9.78 Å². The summed E-state index contributed by atoms with van der Waals surface area (Å²) in [7, 11) is 0. The van der Waals surface area contributed by atoms with Crippen molar-refractivity contribution < 1.29 is 9.53 Å². The van der Waals surface area contributed by atoms with Crippen LogP contribution < -0.4 is 15.4 Å². The molecule has 1 aromatic rings. The summed E-state index contributed by atoms with van der Waals surface area (Å²) in [5.41, 5.74) is 0.884. The number of hydrogen-bond donors (Lipinski definition) is 2. The van der Waals surface area contributed by atoms with Crippen molar-refractivity contribution in [3.05, 3.63) is 23.9 Å². The van der Waals surface area contributed by atoms with Crippen molar-refractivity contribution in [3.8, 4) is 5.88 Å². The largest absolute Gasteiger partial charge is 0.475 e. The van der Waals surface area contributed by atoms with E-state index in [1.807, 2.05) is 26.0 Å². The Hall–Kier alpha value is -1.82. The van der Waals surface area contributed by atoms with Crippen LogP contribution in [-0.4, -0.2) is 47.7 Å². The normalized spacial score (nSPS) is 16.8. The quantitative estimate of drug-likeness (QED) is 0.728. The molecule has 0 aliphatic carbocycles. The molecule has 1 unspecified atom stereocenters. The number of carbonyl (C=O) groups is 1. The number of nitrogens with one attached hydrogen (secondary N) is 2. The predicted molar refractivity (Wildman–Crippen MR) is 109 cm³/mol. The topological polar surface area (TPSA) is 66.5 Å². The molecule has 1 atom stereocenters. The fourth-order valence-corrected chi connectivity index (χ4v) is 3.54. The summed E-state index contributed by atoms with van der Waals surface area (Å²) < 4.78 is 5.71. The number of aromatic nitrogens is 1. The van der Waals surface area contributed by atoms with E-state index < -0.39 is 0 Å². The predicted octanol–water partition coefficient (Wildman–Crippen LogP) is 3.57. The lowest BCUT2D eigenvalue weighted by atomic mass is 10.0. The molecule has 0 radical (unpaired) electrons. The smallest absolute Gasteiger partial charge is 0.315 e. The fraction of sp³-hybridized carbons (Fsp3) is 0.714. The van der Waals surface area contributed by atoms with Crippen LogP contribution >= 0.6 is 0 Å². The Labute approximate surface area is 164 Å². The van der Waals surface area contributed by atoms with Gasteiger partial charge in [-0.2, -0.15) is 0 Å². The standard InChI is InChI=1S/C21H36N4O2/c1-16(2)19(25-12-7-5-6-8-13-25)15-24-21(26)23-14-18-10-9-11-22-20(18)27-17(3)4/h9-11,16-17,19H,5-8,12-15H2,1-4H3,(H2,23,24,26). The molecule has 0 saturated carbocycles. The van der Waals surface area contributed by atoms with Gasteiger partial charge in [-0.15, -0.1) is 0 Å². The van der Waals surface area contributed by atoms with E-state index in [1.165, 1.54) is 25.7 Å². The minimum Gasteiger partial charge on any atom is -0.475 e. The van der Waals surface area contributed by atoms with E-state index in [2.05, 4.69) is 34.4 Å². The summed E-state index contributed by atoms with van der Waals surface area (Å²) in [6.45, 7) is 11.8. The first kappa shape index (κ1) is 21.5. The van der Waals surface area contributed by atoms with Gasteiger partial charge in [-0.1, -0.05) is 32.8 Å². The molecule has 2 rings (SSSR count). The van der Waals surface area contributed by atoms with Gasteiger partial charge in [0, 0.05) is 30.9 Å². The van der Waals surface area contributed by atoms with Gasteiger partial charge in [-0.05, 0) is 51.8 Å². The highest BCUT2D eigenvalue weighted by Crippen LogP contribution is 2.17. The highest BCUT2D eigenvalue weighted by Gasteiger charge is 2.23. The molecule has 0 bridgehead atoms. The molecule has 27 heavy (non-hydrogen) atoms. The second-order valence-corrected chi connectivity index (χ2v) is 7.96. The summed E-state index contributed by atoms with van der Waals surface area (Å²) >= 11 is 0. The Morgan fingerprint density at radius 1 is 1.15 bits per heavy atom. The summed E-state index contributed by atoms with van der Waals surface area (Å²) in [6, 6.07) is 4.02. The van der Waals surface area contributed by atoms with Crippen LogP contribution in [0, 0.1) is 5.92 Å². The van der Waals surface area contributed by atoms with Gasteiger partial charge in [0.05, 0.1) is 6.10 Å². The van der Waals surface area contributed by atoms with Gasteiger partial charge >= 0.3 is 6.03 Å². The average molecular weight is 377 g/mol. The zero-order valence-corrected chi connectivity index (χ0v) is 17.3. The lowest BCUT2D eigenvalue weighted by Gasteiger charge is -2.33. The van der Waals surface area contributed by atoms with Crippen molar-refractivity contribution in [2.24, 2.45) is 5.92 Å². The Balaban J connectivity index is 1.84. The molecule has 1 aliphatic heterocycles. The molecule has 1 saturated heterocycles. The van der Waals surface area contributed by atoms with Crippen molar-refractivity contribution in [2.45, 2.75) is 72.1 Å². The Morgan fingerprint density at radius 2 is 1.85 bits per heavy atom. The van der Waals surface area contributed by atoms with Crippen LogP contribution in [0.1, 0.15) is 58.9 Å². The lowest BCUT2D eigenvalue weighted by Crippen LogP contribution is -2.49. The average Bonchev–Trinajstić information content (AvgIpc) is 2.90. The van der Waals surface area contributed by atoms with Gasteiger partial charge < -0.3 is 15.4 Å². The van der Waals surface area contributed by atoms with Gasteiger partial charge in [0.25, 0.3) is 0 Å². The van der Waals surface area contributed by atoms with E-state index in [0.717, 1.165) is 18.7 Å². The molecule has 2 N–H and O–H groups in total. The lowest BCUT2D eigenvalue weighted by molar-refractivity contribution is 0.157. The Kier molecular flexibility index (Phi) is 8.85. The van der Waals surface area contributed by atoms with Crippen molar-refractivity contribution >= 4 is 6.03 Å². The summed E-state index contributed by atoms with van der Waals surface area (Å²) in [4.78, 5) is 19.1. The maximum Gasteiger partial charge on any atom is 0.315 e. The molecule has 2 heterocycles. The summed E-state index contributed by atoms with van der Waals surface area (Å²) in [6.07, 6.45) is 6.91. The number of likely N-dealkylation sites (tertiary alicyclic amines) is 1. The van der Waals surface area contributed by atoms with Crippen molar-refractivity contribution in [2.75, 3.05) is 19.6 Å². The van der Waals surface area contributed by atoms with Gasteiger partial charge in [0.1, 0.15) is 0 Å². The number of ether oxygens (including phenoxy) is 1. The molecule has 152 valence electrons. The molecule has 2 amide bonds. The molecule has 0 spiro atoms. The van der Waals surface area contributed by atoms with Crippen LogP contribution in [0.3, 0.4) is 0 Å². The Bertz CT molecular complexity index is 569. The molecule has 1 aliphatic rings. The van der Waals surface area contributed by atoms with Crippen LogP contribution in [0.25, 0.3) is 0 Å². The SMILES string of the molecule is CC(C)Oc1ncccc1CNC(=O)NCC(C(C)C)N1CCCCCC1. The number of rotatable bonds is 8. The highest BCUT2D eigenvalue weighted by atomic mass is 16.5. The van der Waals surface area contributed by atoms with E-state index in [-0.39, 0.29) is 12.1 Å². The highest BCUT2D eigenvalue weighted by molar-refractivity contribution is 5.73. The minimum atomic E-state index is -0.144. The molecule has 1 aromatic heterocycles. The third-order valence-corrected chi connectivity index (χ3v) is 4.99. The minimum absolute atomic E-state index is 0.0490. The van der Waals surface area contributed by atoms with Crippen molar-refractivity contribution in [3.63, 3.8) is 0 Å². The molecule has 6 heteroatoms. The van der Waals surface area contributed by atoms with Gasteiger partial charge in [0.2, 0.25) is 5.88 Å². The van der Waals surface area contributed by atoms with Crippen LogP contribution in [0.4, 0.5) is 4.79 Å². The number of amides is 2. The van der Waals surface area contributed by atoms with E-state index in [1.54, 1.807) is 6.20 Å². The van der Waals surface area contributed by atoms with Crippen molar-refractivity contribution in [1.82, 2.24) is 20.5 Å². The molecule has 1 fully saturated rings. The first-order chi connectivity index (χ1) is 13.0. The van der Waals surface area contributed by atoms with Crippen molar-refractivity contribution in [1.29, 1.82) is 0 Å². The third kappa shape index (κ3) is 7.37. The van der Waals surface area contributed by atoms with Gasteiger partial charge in [0.15, 0.2) is 0 Å². The maximum atomic E-state index is 12.3. The zero-order chi connectivity index (χ0) is 19.6. The number of hydrogen-bond acceptors (Lipinski definition) is 4. The van der Waals surface area contributed by atoms with E-state index in [4.69, 9.17) is 4.74 Å². The monoisotopic (exact) mass is 376 g/mol. The Morgan fingerprint density at radius 3 is 2.48 bits per heavy atom. The number of nitrogens with zero attached hydrogens (tertiary/aromatic N) is 2. The van der Waals surface area contributed by atoms with E-state index in [0.29, 0.717) is 30.9 Å². The molecule has 0 aromatic carbocycles. The number of carbonyl (C=O) groups excluding carboxylic acids is 1. The summed E-state index contributed by atoms with van der Waals surface area (Å²) in [5.74, 6) is 1.09. The van der Waals surface area contributed by atoms with E-state index >= 15 is 0 Å². The zero-order valence-electron chi connectivity index (χ0n) is 17.3. The first-order valence-electron chi connectivity index (χ1n) is 10.3. The van der Waals surface area contributed by atoms with E-state index in [9.17, 15) is 4.79 Å². The first-order valence-corrected chi connectivity index (χ1v) is 10.3. The van der Waals surface area contributed by atoms with Crippen LogP contribution in [0.15, 0.2) is 18.3 Å². The number of pyridine rings is 1. The van der Waals surface area contributed by atoms with Crippen LogP contribution in [0.5, 0.6) is 5.88 Å². The summed E-state index contributed by atoms with van der Waals surface area (Å²) in [5, 5.41) is 5.99. The second-order valence-electron chi connectivity index (χ2n) is 7.96. The second kappa shape index (κ2) is 11.1. The number of urea groups is 1. The molecular weight excluding hydrogens is 340 g/mol. The molecule has 6 nitrogen and oxygen atoms in total.